The van der Waals surface area contributed by atoms with Crippen LogP contribution in [0.1, 0.15) is 0 Å². The van der Waals surface area contributed by atoms with Crippen LogP contribution in [-0.2, 0) is 9.59 Å². The summed E-state index contributed by atoms with van der Waals surface area (Å²) in [7, 11) is 0. The zero-order valence-electron chi connectivity index (χ0n) is 6.80. The van der Waals surface area contributed by atoms with Gasteiger partial charge in [0.05, 0.1) is 14.3 Å². The molecule has 0 unspecified atom stereocenters. The van der Waals surface area contributed by atoms with E-state index in [1.165, 1.54) is 0 Å². The third kappa shape index (κ3) is 1.81. The summed E-state index contributed by atoms with van der Waals surface area (Å²) in [5.41, 5.74) is -2.63. The van der Waals surface area contributed by atoms with Gasteiger partial charge in [0.25, 0.3) is 11.6 Å². The van der Waals surface area contributed by atoms with Gasteiger partial charge in [-0.2, -0.15) is 0 Å². The third-order valence-corrected chi connectivity index (χ3v) is 2.10. The van der Waals surface area contributed by atoms with Gasteiger partial charge in [-0.25, -0.2) is 0 Å². The molecule has 8 nitrogen and oxygen atoms in total. The second-order valence-corrected chi connectivity index (χ2v) is 3.25. The summed E-state index contributed by atoms with van der Waals surface area (Å²) in [4.78, 5) is 40.5. The molecule has 0 aliphatic heterocycles. The van der Waals surface area contributed by atoms with E-state index in [4.69, 9.17) is 0 Å². The largest absolute Gasteiger partial charge is 0.398 e. The minimum Gasteiger partial charge on any atom is -0.282 e. The summed E-state index contributed by atoms with van der Waals surface area (Å²) in [6, 6.07) is 0. The van der Waals surface area contributed by atoms with Crippen LogP contribution in [-0.4, -0.2) is 21.4 Å². The fourth-order valence-electron chi connectivity index (χ4n) is 0.932. The first-order chi connectivity index (χ1) is 6.86. The standard InChI is InChI=1S/C6HBrN2O6/c7-2-1-3(10)4(8(12)13)5(6(2)11)9(14)15/h1H. The van der Waals surface area contributed by atoms with Crippen LogP contribution in [0, 0.1) is 20.2 Å². The van der Waals surface area contributed by atoms with Gasteiger partial charge in [-0.1, -0.05) is 0 Å². The highest BCUT2D eigenvalue weighted by Crippen LogP contribution is 2.23. The van der Waals surface area contributed by atoms with Gasteiger partial charge in [-0.05, 0) is 15.9 Å². The highest BCUT2D eigenvalue weighted by molar-refractivity contribution is 9.12. The number of ketones is 2. The van der Waals surface area contributed by atoms with Gasteiger partial charge in [0.1, 0.15) is 0 Å². The quantitative estimate of drug-likeness (QED) is 0.403. The van der Waals surface area contributed by atoms with Crippen molar-refractivity contribution in [3.05, 3.63) is 42.2 Å². The molecule has 0 amide bonds. The molecule has 15 heavy (non-hydrogen) atoms. The lowest BCUT2D eigenvalue weighted by atomic mass is 10.1. The predicted molar refractivity (Wildman–Crippen MR) is 48.0 cm³/mol. The second kappa shape index (κ2) is 3.69. The van der Waals surface area contributed by atoms with E-state index in [9.17, 15) is 29.8 Å². The van der Waals surface area contributed by atoms with Gasteiger partial charge in [0.15, 0.2) is 0 Å². The third-order valence-electron chi connectivity index (χ3n) is 1.51. The molecule has 0 spiro atoms. The van der Waals surface area contributed by atoms with Crippen molar-refractivity contribution in [3.8, 4) is 0 Å². The van der Waals surface area contributed by atoms with E-state index in [1.807, 2.05) is 0 Å². The number of hydrogen-bond acceptors (Lipinski definition) is 6. The van der Waals surface area contributed by atoms with Crippen LogP contribution < -0.4 is 0 Å². The lowest BCUT2D eigenvalue weighted by Gasteiger charge is -2.02. The summed E-state index contributed by atoms with van der Waals surface area (Å²) < 4.78 is -0.371. The molecule has 0 saturated carbocycles. The number of Topliss-reactive ketones (excluding diaryl/α,β-unsaturated/α-hetero) is 1. The Hall–Kier alpha value is -1.90. The molecule has 0 radical (unpaired) electrons. The Morgan fingerprint density at radius 2 is 1.53 bits per heavy atom. The van der Waals surface area contributed by atoms with Crippen LogP contribution in [0.5, 0.6) is 0 Å². The van der Waals surface area contributed by atoms with Gasteiger partial charge in [0, 0.05) is 6.08 Å². The van der Waals surface area contributed by atoms with Gasteiger partial charge in [0.2, 0.25) is 0 Å². The van der Waals surface area contributed by atoms with E-state index in [-0.39, 0.29) is 4.48 Å². The summed E-state index contributed by atoms with van der Waals surface area (Å²) >= 11 is 2.61. The molecule has 0 fully saturated rings. The molecule has 0 N–H and O–H groups in total. The molecule has 78 valence electrons. The zero-order chi connectivity index (χ0) is 11.7. The van der Waals surface area contributed by atoms with E-state index in [0.717, 1.165) is 0 Å². The predicted octanol–water partition coefficient (Wildman–Crippen LogP) is 0.182. The first kappa shape index (κ1) is 11.2. The fourth-order valence-corrected chi connectivity index (χ4v) is 1.33. The van der Waals surface area contributed by atoms with Crippen molar-refractivity contribution in [2.75, 3.05) is 0 Å². The SMILES string of the molecule is O=C1C=C(Br)C(=O)C([N+](=O)[O-])=C1[N+](=O)[O-]. The molecule has 0 aromatic heterocycles. The topological polar surface area (TPSA) is 120 Å². The normalized spacial score (nSPS) is 16.5. The summed E-state index contributed by atoms with van der Waals surface area (Å²) in [6.45, 7) is 0. The van der Waals surface area contributed by atoms with Crippen molar-refractivity contribution in [1.29, 1.82) is 0 Å². The molecule has 0 aromatic carbocycles. The molecule has 0 atom stereocenters. The van der Waals surface area contributed by atoms with Crippen LogP contribution in [0.25, 0.3) is 0 Å². The van der Waals surface area contributed by atoms with Crippen LogP contribution in [0.2, 0.25) is 0 Å². The molecule has 0 bridgehead atoms. The number of allylic oxidation sites excluding steroid dienone is 2. The lowest BCUT2D eigenvalue weighted by Crippen LogP contribution is -2.26. The van der Waals surface area contributed by atoms with Crippen LogP contribution >= 0.6 is 15.9 Å². The minimum absolute atomic E-state index is 0.371. The van der Waals surface area contributed by atoms with Crippen molar-refractivity contribution in [2.24, 2.45) is 0 Å². The number of halogens is 1. The Kier molecular flexibility index (Phi) is 2.75. The molecule has 9 heteroatoms. The highest BCUT2D eigenvalue weighted by Gasteiger charge is 2.44. The van der Waals surface area contributed by atoms with Gasteiger partial charge >= 0.3 is 11.4 Å². The monoisotopic (exact) mass is 276 g/mol. The number of hydrogen-bond donors (Lipinski definition) is 0. The number of carbonyl (C=O) groups is 2. The summed E-state index contributed by atoms with van der Waals surface area (Å²) in [6.07, 6.45) is 0.632. The molecule has 1 aliphatic carbocycles. The maximum atomic E-state index is 11.2. The Balaban J connectivity index is 3.48. The smallest absolute Gasteiger partial charge is 0.282 e. The second-order valence-electron chi connectivity index (χ2n) is 2.40. The zero-order valence-corrected chi connectivity index (χ0v) is 8.39. The number of nitro groups is 2. The summed E-state index contributed by atoms with van der Waals surface area (Å²) in [5.74, 6) is -2.37. The molecule has 1 aliphatic rings. The van der Waals surface area contributed by atoms with Crippen LogP contribution in [0.3, 0.4) is 0 Å². The van der Waals surface area contributed by atoms with Crippen LogP contribution in [0.4, 0.5) is 0 Å². The Bertz CT molecular complexity index is 462. The first-order valence-electron chi connectivity index (χ1n) is 3.35. The molecule has 0 aromatic rings. The summed E-state index contributed by atoms with van der Waals surface area (Å²) in [5, 5.41) is 20.8. The van der Waals surface area contributed by atoms with E-state index < -0.39 is 32.8 Å². The highest BCUT2D eigenvalue weighted by atomic mass is 79.9. The lowest BCUT2D eigenvalue weighted by molar-refractivity contribution is -0.462. The molecule has 1 rings (SSSR count). The maximum absolute atomic E-state index is 11.2. The first-order valence-corrected chi connectivity index (χ1v) is 4.15. The number of carbonyl (C=O) groups excluding carboxylic acids is 2. The van der Waals surface area contributed by atoms with E-state index in [0.29, 0.717) is 6.08 Å². The van der Waals surface area contributed by atoms with Crippen molar-refractivity contribution in [1.82, 2.24) is 0 Å². The van der Waals surface area contributed by atoms with Crippen molar-refractivity contribution in [2.45, 2.75) is 0 Å². The number of nitrogens with zero attached hydrogens (tertiary/aromatic N) is 2. The average molecular weight is 277 g/mol. The van der Waals surface area contributed by atoms with E-state index >= 15 is 0 Å². The molecular weight excluding hydrogens is 276 g/mol. The minimum atomic E-state index is -1.32. The Morgan fingerprint density at radius 3 is 1.93 bits per heavy atom. The van der Waals surface area contributed by atoms with Gasteiger partial charge in [-0.15, -0.1) is 0 Å². The van der Waals surface area contributed by atoms with Crippen molar-refractivity contribution >= 4 is 27.5 Å². The maximum Gasteiger partial charge on any atom is 0.398 e. The fraction of sp³-hybridized carbons (Fsp3) is 0. The Labute approximate surface area is 89.7 Å². The van der Waals surface area contributed by atoms with Crippen LogP contribution in [0.15, 0.2) is 22.0 Å². The molecule has 0 saturated heterocycles. The van der Waals surface area contributed by atoms with E-state index in [2.05, 4.69) is 15.9 Å². The van der Waals surface area contributed by atoms with Gasteiger partial charge < -0.3 is 0 Å². The number of rotatable bonds is 2. The Morgan fingerprint density at radius 1 is 1.07 bits per heavy atom. The van der Waals surface area contributed by atoms with Gasteiger partial charge in [-0.3, -0.25) is 29.8 Å². The average Bonchev–Trinajstić information content (AvgIpc) is 2.09. The molecular formula is C6HBrN2O6. The van der Waals surface area contributed by atoms with E-state index in [1.54, 1.807) is 0 Å². The van der Waals surface area contributed by atoms with Crippen molar-refractivity contribution in [3.63, 3.8) is 0 Å². The van der Waals surface area contributed by atoms with Crippen molar-refractivity contribution < 1.29 is 19.4 Å². The molecule has 0 heterocycles.